The van der Waals surface area contributed by atoms with E-state index in [-0.39, 0.29) is 0 Å². The Balaban J connectivity index is 0.964. The van der Waals surface area contributed by atoms with Crippen LogP contribution in [-0.4, -0.2) is 585 Å². The third-order valence-corrected chi connectivity index (χ3v) is 24.5. The van der Waals surface area contributed by atoms with Crippen LogP contribution in [0.15, 0.2) is 0 Å². The van der Waals surface area contributed by atoms with E-state index in [4.69, 9.17) is 99.5 Å². The van der Waals surface area contributed by atoms with Gasteiger partial charge < -0.3 is 274 Å². The number of amides is 2. The van der Waals surface area contributed by atoms with Gasteiger partial charge in [0, 0.05) is 13.8 Å². The van der Waals surface area contributed by atoms with Crippen LogP contribution in [0.5, 0.6) is 0 Å². The van der Waals surface area contributed by atoms with Crippen molar-refractivity contribution in [3.05, 3.63) is 0 Å². The highest BCUT2D eigenvalue weighted by Crippen LogP contribution is 2.42. The fourth-order valence-electron chi connectivity index (χ4n) is 17.1. The van der Waals surface area contributed by atoms with Gasteiger partial charge in [-0.25, -0.2) is 0 Å². The number of aliphatic hydroxyl groups is 32. The van der Waals surface area contributed by atoms with E-state index < -0.39 is 428 Å². The van der Waals surface area contributed by atoms with Gasteiger partial charge in [0.1, 0.15) is 262 Å². The van der Waals surface area contributed by atoms with Crippen molar-refractivity contribution in [3.8, 4) is 0 Å². The molecule has 0 spiro atoms. The standard InChI is InChI=1S/C73H124N2O55/c1-16(2)55-30(74-17(3)85)41(96)56(26(12-83)112-55)123-64-31(75-18(4)86)42(97)57(27(13-84)120-64)124-69-54(109)59(126-72-63(49(104)38(93)24(10-81)118-72)130-73-62(48(103)37(92)25(11-82)119-73)129-68-52(107)45(100)34(89)21(7-78)115-68)40(95)29(122-69)14-110-65-53(108)58(125-71-61(47(102)36(91)23(9-80)117-71)128-67-51(106)44(99)33(88)20(6-77)114-67)39(94)28(121-65)15-111-70-60(46(101)35(90)22(8-79)116-70)127-66-50(105)43(98)32(87)19(5-76)113-66/h16,19-73,76-84,87-109H,5-15H2,1-4H3,(H,74,85)(H,75,86)/t19?,20?,21?,22?,23?,24?,25?,26?,27?,28?,29?,30?,31?,32-,33-,34-,35-,36-,37-,38-,39-,40-,41-,42-,43+,44?,45?,46+,47?,48?,49?,50?,51?,52?,53?,54?,55+,56-,57-,58+,59+,60?,61?,62?,63?,64+,65-,66-,67-,68-,69+,70+,71-,72-,73-/m1/s1. The van der Waals surface area contributed by atoms with E-state index in [0.717, 1.165) is 13.8 Å². The Labute approximate surface area is 736 Å². The molecule has 34 N–H and O–H groups in total. The van der Waals surface area contributed by atoms with Crippen LogP contribution in [0.3, 0.4) is 0 Å². The summed E-state index contributed by atoms with van der Waals surface area (Å²) in [6.07, 6.45) is -115. The fraction of sp³-hybridized carbons (Fsp3) is 0.973. The van der Waals surface area contributed by atoms with Crippen molar-refractivity contribution in [2.45, 2.75) is 365 Å². The molecule has 0 aromatic rings. The molecule has 0 radical (unpaired) electrons. The Morgan fingerprint density at radius 2 is 0.454 bits per heavy atom. The first-order chi connectivity index (χ1) is 61.6. The molecule has 11 heterocycles. The summed E-state index contributed by atoms with van der Waals surface area (Å²) in [5, 5.41) is 364. The van der Waals surface area contributed by atoms with Gasteiger partial charge in [-0.15, -0.1) is 0 Å². The Kier molecular flexibility index (Phi) is 38.5. The molecule has 756 valence electrons. The second kappa shape index (κ2) is 46.7. The number of hydrogen-bond acceptors (Lipinski definition) is 55. The zero-order chi connectivity index (χ0) is 95.5. The SMILES string of the molecule is CC(=O)NC1[C@H](O[C@@H]2C(CO)O[C@@H](C(C)C)C(NC(C)=O)[C@H]2O)OC(CO)[C@@H](O[C@@H]2OC(CO[C@@H]3OC(CO[C@H]4OC(CO)[C@@H](O)[C@H](O)C4O[C@H]4OC(CO)[C@@H](O)[C@H](O)C4O)[C@@H](O)[C@H](O[C@H]4OC(CO)[C@@H](O)C(O)C4O[C@H]4OC(CO)[C@@H](O)C(O)C4O)C3O)[C@@H](O)[C@H](O[C@H]3OC(CO)[C@@H](O)C(O)C3O[C@H]3OC(CO)[C@@H](O)C(O)C3O[C@H]3OC(CO)[C@@H](O)C(O)C3O)C2O)[C@@H]1O. The molecule has 11 fully saturated rings. The average Bonchev–Trinajstić information content (AvgIpc) is 0.761. The van der Waals surface area contributed by atoms with E-state index in [1.165, 1.54) is 0 Å². The summed E-state index contributed by atoms with van der Waals surface area (Å²) >= 11 is 0. The molecular formula is C73H124N2O55. The summed E-state index contributed by atoms with van der Waals surface area (Å²) in [5.41, 5.74) is 0. The molecule has 0 aliphatic carbocycles. The van der Waals surface area contributed by atoms with Crippen LogP contribution in [-0.2, 0) is 109 Å². The van der Waals surface area contributed by atoms with Crippen LogP contribution in [0.1, 0.15) is 27.7 Å². The van der Waals surface area contributed by atoms with Crippen molar-refractivity contribution in [3.63, 3.8) is 0 Å². The van der Waals surface area contributed by atoms with E-state index in [0.29, 0.717) is 0 Å². The van der Waals surface area contributed by atoms with Crippen molar-refractivity contribution >= 4 is 11.8 Å². The first-order valence-electron chi connectivity index (χ1n) is 41.9. The topological polar surface area (TPSA) is 899 Å². The predicted molar refractivity (Wildman–Crippen MR) is 398 cm³/mol. The third kappa shape index (κ3) is 22.9. The van der Waals surface area contributed by atoms with Crippen molar-refractivity contribution < 1.29 is 272 Å². The molecule has 11 saturated heterocycles. The summed E-state index contributed by atoms with van der Waals surface area (Å²) in [7, 11) is 0. The molecule has 57 nitrogen and oxygen atoms in total. The van der Waals surface area contributed by atoms with E-state index >= 15 is 0 Å². The lowest BCUT2D eigenvalue weighted by Crippen LogP contribution is -2.71. The summed E-state index contributed by atoms with van der Waals surface area (Å²) in [5.74, 6) is -2.06. The zero-order valence-electron chi connectivity index (χ0n) is 69.8. The number of hydrogen-bond donors (Lipinski definition) is 34. The predicted octanol–water partition coefficient (Wildman–Crippen LogP) is -23.0. The monoisotopic (exact) mass is 1910 g/mol. The van der Waals surface area contributed by atoms with Crippen molar-refractivity contribution in [1.82, 2.24) is 10.6 Å². The molecule has 11 rings (SSSR count). The highest BCUT2D eigenvalue weighted by molar-refractivity contribution is 5.73. The number of carbonyl (C=O) groups excluding carboxylic acids is 2. The maximum atomic E-state index is 13.2. The number of aliphatic hydroxyl groups excluding tert-OH is 32. The molecular weight excluding hydrogens is 1780 g/mol. The lowest BCUT2D eigenvalue weighted by atomic mass is 9.87. The molecule has 55 atom stereocenters. The van der Waals surface area contributed by atoms with Gasteiger partial charge in [0.15, 0.2) is 62.9 Å². The fourth-order valence-corrected chi connectivity index (χ4v) is 17.1. The van der Waals surface area contributed by atoms with E-state index in [9.17, 15) is 173 Å². The van der Waals surface area contributed by atoms with Crippen molar-refractivity contribution in [2.24, 2.45) is 5.92 Å². The highest BCUT2D eigenvalue weighted by Gasteiger charge is 2.63. The quantitative estimate of drug-likeness (QED) is 0.0284. The Morgan fingerprint density at radius 3 is 0.792 bits per heavy atom. The van der Waals surface area contributed by atoms with Gasteiger partial charge >= 0.3 is 0 Å². The molecule has 0 aromatic heterocycles. The van der Waals surface area contributed by atoms with Gasteiger partial charge in [-0.1, -0.05) is 13.8 Å². The van der Waals surface area contributed by atoms with Crippen molar-refractivity contribution in [2.75, 3.05) is 72.7 Å². The summed E-state index contributed by atoms with van der Waals surface area (Å²) in [6, 6.07) is -3.22. The van der Waals surface area contributed by atoms with Gasteiger partial charge in [-0.3, -0.25) is 9.59 Å². The number of rotatable bonds is 34. The van der Waals surface area contributed by atoms with Crippen molar-refractivity contribution in [1.29, 1.82) is 0 Å². The smallest absolute Gasteiger partial charge is 0.217 e. The maximum Gasteiger partial charge on any atom is 0.217 e. The minimum atomic E-state index is -2.67. The minimum absolute atomic E-state index is 0.449. The molecule has 11 aliphatic rings. The Hall–Kier alpha value is -3.18. The third-order valence-electron chi connectivity index (χ3n) is 24.5. The normalized spacial score (nSPS) is 51.1. The molecule has 0 bridgehead atoms. The van der Waals surface area contributed by atoms with E-state index in [1.54, 1.807) is 13.8 Å². The van der Waals surface area contributed by atoms with Crippen LogP contribution in [0.4, 0.5) is 0 Å². The lowest BCUT2D eigenvalue weighted by Gasteiger charge is -2.51. The summed E-state index contributed by atoms with van der Waals surface area (Å²) in [4.78, 5) is 25.8. The van der Waals surface area contributed by atoms with Crippen LogP contribution in [0.2, 0.25) is 0 Å². The minimum Gasteiger partial charge on any atom is -0.394 e. The van der Waals surface area contributed by atoms with Gasteiger partial charge in [0.05, 0.1) is 84.8 Å². The number of carbonyl (C=O) groups is 2. The van der Waals surface area contributed by atoms with Crippen LogP contribution in [0, 0.1) is 5.92 Å². The number of ether oxygens (including phenoxy) is 21. The zero-order valence-corrected chi connectivity index (χ0v) is 69.8. The molecule has 0 aromatic carbocycles. The second-order valence-electron chi connectivity index (χ2n) is 33.7. The maximum absolute atomic E-state index is 13.2. The summed E-state index contributed by atoms with van der Waals surface area (Å²) < 4.78 is 125. The Morgan fingerprint density at radius 1 is 0.223 bits per heavy atom. The van der Waals surface area contributed by atoms with Crippen LogP contribution < -0.4 is 10.6 Å². The van der Waals surface area contributed by atoms with E-state index in [2.05, 4.69) is 10.6 Å². The highest BCUT2D eigenvalue weighted by atomic mass is 16.8. The molecule has 27 unspecified atom stereocenters. The van der Waals surface area contributed by atoms with Gasteiger partial charge in [-0.2, -0.15) is 0 Å². The average molecular weight is 1910 g/mol. The largest absolute Gasteiger partial charge is 0.394 e. The van der Waals surface area contributed by atoms with Crippen LogP contribution >= 0.6 is 0 Å². The van der Waals surface area contributed by atoms with Gasteiger partial charge in [0.25, 0.3) is 0 Å². The Bertz CT molecular complexity index is 3440. The first kappa shape index (κ1) is 107. The molecule has 11 aliphatic heterocycles. The van der Waals surface area contributed by atoms with Gasteiger partial charge in [0.2, 0.25) is 11.8 Å². The molecule has 57 heteroatoms. The van der Waals surface area contributed by atoms with Gasteiger partial charge in [-0.05, 0) is 5.92 Å². The first-order valence-corrected chi connectivity index (χ1v) is 41.9. The lowest BCUT2D eigenvalue weighted by molar-refractivity contribution is -0.408. The van der Waals surface area contributed by atoms with E-state index in [1.807, 2.05) is 0 Å². The molecule has 0 saturated carbocycles. The number of nitrogens with one attached hydrogen (secondary N) is 2. The molecule has 2 amide bonds. The second-order valence-corrected chi connectivity index (χ2v) is 33.7. The molecule has 130 heavy (non-hydrogen) atoms. The summed E-state index contributed by atoms with van der Waals surface area (Å²) in [6.45, 7) is -7.13. The van der Waals surface area contributed by atoms with Crippen LogP contribution in [0.25, 0.3) is 0 Å².